The van der Waals surface area contributed by atoms with Crippen LogP contribution < -0.4 is 4.90 Å². The fourth-order valence-corrected chi connectivity index (χ4v) is 7.85. The van der Waals surface area contributed by atoms with Gasteiger partial charge in [0.25, 0.3) is 0 Å². The van der Waals surface area contributed by atoms with Crippen molar-refractivity contribution in [2.24, 2.45) is 0 Å². The Kier molecular flexibility index (Phi) is 9.06. The van der Waals surface area contributed by atoms with E-state index in [1.165, 1.54) is 11.1 Å². The monoisotopic (exact) mass is 661 g/mol. The summed E-state index contributed by atoms with van der Waals surface area (Å²) in [6, 6.07) is 24.9. The predicted octanol–water partition coefficient (Wildman–Crippen LogP) is 9.08. The molecule has 0 bridgehead atoms. The van der Waals surface area contributed by atoms with Gasteiger partial charge in [-0.3, -0.25) is 9.59 Å². The molecular formula is C41H42ClN2O4+. The Balaban J connectivity index is 1.40. The molecule has 0 aromatic heterocycles. The number of allylic oxidation sites excluding steroid dienone is 8. The van der Waals surface area contributed by atoms with Crippen LogP contribution in [0.2, 0.25) is 0 Å². The summed E-state index contributed by atoms with van der Waals surface area (Å²) in [6.07, 6.45) is 9.82. The van der Waals surface area contributed by atoms with Crippen molar-refractivity contribution < 1.29 is 24.4 Å². The molecule has 246 valence electrons. The number of hydrogen-bond donors (Lipinski definition) is 2. The third-order valence-electron chi connectivity index (χ3n) is 9.94. The van der Waals surface area contributed by atoms with E-state index in [4.69, 9.17) is 11.6 Å². The number of halogens is 1. The minimum Gasteiger partial charge on any atom is -0.481 e. The lowest BCUT2D eigenvalue weighted by Crippen LogP contribution is -2.28. The van der Waals surface area contributed by atoms with Crippen LogP contribution >= 0.6 is 11.6 Å². The van der Waals surface area contributed by atoms with Gasteiger partial charge in [-0.25, -0.2) is 0 Å². The third-order valence-corrected chi connectivity index (χ3v) is 10.3. The Morgan fingerprint density at radius 1 is 0.771 bits per heavy atom. The molecule has 6 rings (SSSR count). The zero-order valence-electron chi connectivity index (χ0n) is 28.0. The first-order valence-corrected chi connectivity index (χ1v) is 17.0. The molecule has 0 saturated carbocycles. The molecule has 3 aromatic carbocycles. The number of aliphatic carboxylic acids is 2. The van der Waals surface area contributed by atoms with E-state index in [1.54, 1.807) is 0 Å². The van der Waals surface area contributed by atoms with E-state index in [9.17, 15) is 19.8 Å². The molecule has 0 spiro atoms. The van der Waals surface area contributed by atoms with Gasteiger partial charge in [0.2, 0.25) is 5.69 Å². The molecule has 0 fully saturated rings. The van der Waals surface area contributed by atoms with Gasteiger partial charge in [0, 0.05) is 65.0 Å². The standard InChI is InChI=1S/C41H41ClN2O4/c1-40(2)31-15-7-9-17-33(31)43(25-11-19-37(45)46)35(40)23-21-29-27-13-5-6-14-28(27)30(39(29)42)22-24-36-41(3,4)32-16-8-10-18-34(32)44(36)26-12-20-38(47)48/h5-10,13-18,21-24H,11-12,19-20,25-26H2,1-4H3,(H-,45,46,47,48)/p+1. The molecule has 2 aliphatic heterocycles. The molecule has 0 atom stereocenters. The van der Waals surface area contributed by atoms with Crippen LogP contribution in [0.15, 0.2) is 108 Å². The first kappa shape index (κ1) is 33.2. The van der Waals surface area contributed by atoms with Crippen LogP contribution in [0.3, 0.4) is 0 Å². The summed E-state index contributed by atoms with van der Waals surface area (Å²) >= 11 is 7.27. The van der Waals surface area contributed by atoms with E-state index in [1.807, 2.05) is 24.3 Å². The number of anilines is 1. The molecule has 0 radical (unpaired) electrons. The second kappa shape index (κ2) is 13.1. The zero-order valence-corrected chi connectivity index (χ0v) is 28.7. The van der Waals surface area contributed by atoms with Crippen molar-refractivity contribution in [2.45, 2.75) is 64.2 Å². The molecule has 7 heteroatoms. The highest BCUT2D eigenvalue weighted by atomic mass is 35.5. The normalized spacial score (nSPS) is 19.1. The number of fused-ring (bicyclic) bond motifs is 3. The maximum absolute atomic E-state index is 11.3. The van der Waals surface area contributed by atoms with Gasteiger partial charge < -0.3 is 15.1 Å². The number of carbonyl (C=O) groups is 2. The molecule has 3 aromatic rings. The first-order chi connectivity index (χ1) is 22.9. The summed E-state index contributed by atoms with van der Waals surface area (Å²) in [5.41, 5.74) is 10.3. The molecule has 2 N–H and O–H groups in total. The van der Waals surface area contributed by atoms with Crippen LogP contribution in [-0.2, 0) is 20.4 Å². The molecule has 0 amide bonds. The molecular weight excluding hydrogens is 620 g/mol. The van der Waals surface area contributed by atoms with Crippen LogP contribution in [0.1, 0.15) is 75.6 Å². The second-order valence-electron chi connectivity index (χ2n) is 13.7. The third kappa shape index (κ3) is 5.94. The maximum atomic E-state index is 11.3. The fourth-order valence-electron chi connectivity index (χ4n) is 7.53. The quantitative estimate of drug-likeness (QED) is 0.200. The van der Waals surface area contributed by atoms with Gasteiger partial charge in [0.1, 0.15) is 6.54 Å². The summed E-state index contributed by atoms with van der Waals surface area (Å²) in [5, 5.41) is 19.3. The highest BCUT2D eigenvalue weighted by molar-refractivity contribution is 6.42. The Bertz CT molecular complexity index is 1960. The Morgan fingerprint density at radius 2 is 1.40 bits per heavy atom. The molecule has 1 aliphatic carbocycles. The van der Waals surface area contributed by atoms with Gasteiger partial charge in [-0.2, -0.15) is 4.58 Å². The predicted molar refractivity (Wildman–Crippen MR) is 194 cm³/mol. The van der Waals surface area contributed by atoms with Gasteiger partial charge in [-0.15, -0.1) is 0 Å². The number of benzene rings is 3. The van der Waals surface area contributed by atoms with Crippen molar-refractivity contribution in [3.8, 4) is 0 Å². The average Bonchev–Trinajstić information content (AvgIpc) is 3.53. The van der Waals surface area contributed by atoms with Crippen molar-refractivity contribution in [1.29, 1.82) is 0 Å². The highest BCUT2D eigenvalue weighted by Gasteiger charge is 2.44. The maximum Gasteiger partial charge on any atom is 0.303 e. The Morgan fingerprint density at radius 3 is 2.12 bits per heavy atom. The fraction of sp³-hybridized carbons (Fsp3) is 0.293. The lowest BCUT2D eigenvalue weighted by molar-refractivity contribution is -0.438. The van der Waals surface area contributed by atoms with E-state index in [0.717, 1.165) is 45.1 Å². The molecule has 3 aliphatic rings. The van der Waals surface area contributed by atoms with Gasteiger partial charge in [-0.05, 0) is 55.2 Å². The summed E-state index contributed by atoms with van der Waals surface area (Å²) in [6.45, 7) is 10.1. The topological polar surface area (TPSA) is 80.9 Å². The molecule has 0 saturated heterocycles. The summed E-state index contributed by atoms with van der Waals surface area (Å²) in [5.74, 6) is -1.58. The molecule has 48 heavy (non-hydrogen) atoms. The van der Waals surface area contributed by atoms with Crippen LogP contribution in [0.5, 0.6) is 0 Å². The Hall–Kier alpha value is -4.68. The van der Waals surface area contributed by atoms with Gasteiger partial charge >= 0.3 is 11.9 Å². The van der Waals surface area contributed by atoms with Crippen molar-refractivity contribution in [3.05, 3.63) is 130 Å². The summed E-state index contributed by atoms with van der Waals surface area (Å²) in [7, 11) is 0. The van der Waals surface area contributed by atoms with Crippen molar-refractivity contribution in [2.75, 3.05) is 18.0 Å². The molecule has 6 nitrogen and oxygen atoms in total. The number of rotatable bonds is 11. The second-order valence-corrected chi connectivity index (χ2v) is 14.1. The average molecular weight is 662 g/mol. The van der Waals surface area contributed by atoms with Gasteiger partial charge in [0.15, 0.2) is 5.71 Å². The van der Waals surface area contributed by atoms with Crippen LogP contribution in [0.25, 0.3) is 11.1 Å². The van der Waals surface area contributed by atoms with E-state index >= 15 is 0 Å². The van der Waals surface area contributed by atoms with Crippen LogP contribution in [0, 0.1) is 0 Å². The van der Waals surface area contributed by atoms with Gasteiger partial charge in [-0.1, -0.05) is 92.2 Å². The van der Waals surface area contributed by atoms with E-state index in [-0.39, 0.29) is 23.7 Å². The van der Waals surface area contributed by atoms with Crippen molar-refractivity contribution >= 4 is 51.8 Å². The van der Waals surface area contributed by atoms with E-state index in [0.29, 0.717) is 31.0 Å². The minimum atomic E-state index is -0.791. The lowest BCUT2D eigenvalue weighted by atomic mass is 9.81. The van der Waals surface area contributed by atoms with Crippen LogP contribution in [-0.4, -0.2) is 45.5 Å². The lowest BCUT2D eigenvalue weighted by Gasteiger charge is -2.27. The van der Waals surface area contributed by atoms with E-state index < -0.39 is 11.9 Å². The van der Waals surface area contributed by atoms with Crippen molar-refractivity contribution in [3.63, 3.8) is 0 Å². The van der Waals surface area contributed by atoms with E-state index in [2.05, 4.69) is 110 Å². The summed E-state index contributed by atoms with van der Waals surface area (Å²) in [4.78, 5) is 24.9. The van der Waals surface area contributed by atoms with Crippen molar-refractivity contribution in [1.82, 2.24) is 0 Å². The Labute approximate surface area is 287 Å². The SMILES string of the molecule is CC1(C)C(=CC=C2C(Cl)=C(C=CC3=[N+](CCCC(=O)O)c4ccccc4C3(C)C)c3ccccc32)N(CCCC(=O)O)c2ccccc21. The largest absolute Gasteiger partial charge is 0.481 e. The zero-order chi connectivity index (χ0) is 34.2. The number of nitrogens with zero attached hydrogens (tertiary/aromatic N) is 2. The highest BCUT2D eigenvalue weighted by Crippen LogP contribution is 2.49. The van der Waals surface area contributed by atoms with Gasteiger partial charge in [0.05, 0.1) is 16.9 Å². The molecule has 2 heterocycles. The van der Waals surface area contributed by atoms with Crippen LogP contribution in [0.4, 0.5) is 11.4 Å². The molecule has 0 unspecified atom stereocenters. The first-order valence-electron chi connectivity index (χ1n) is 16.6. The smallest absolute Gasteiger partial charge is 0.303 e. The number of carboxylic acids is 2. The number of carboxylic acid groups (broad SMARTS) is 2. The summed E-state index contributed by atoms with van der Waals surface area (Å²) < 4.78 is 2.25. The number of hydrogen-bond acceptors (Lipinski definition) is 3. The minimum absolute atomic E-state index is 0.114. The number of para-hydroxylation sites is 2.